The van der Waals surface area contributed by atoms with Crippen LogP contribution in [0.4, 0.5) is 5.69 Å². The Hall–Kier alpha value is -2.48. The van der Waals surface area contributed by atoms with Crippen molar-refractivity contribution in [3.63, 3.8) is 0 Å². The van der Waals surface area contributed by atoms with E-state index in [1.165, 1.54) is 0 Å². The molecule has 0 fully saturated rings. The third kappa shape index (κ3) is 5.33. The summed E-state index contributed by atoms with van der Waals surface area (Å²) in [6.07, 6.45) is 0.226. The number of fused-ring (bicyclic) bond motifs is 1. The highest BCUT2D eigenvalue weighted by Crippen LogP contribution is 2.30. The molecule has 1 aromatic carbocycles. The van der Waals surface area contributed by atoms with E-state index in [2.05, 4.69) is 10.3 Å². The van der Waals surface area contributed by atoms with Crippen molar-refractivity contribution in [2.24, 2.45) is 22.4 Å². The van der Waals surface area contributed by atoms with Crippen LogP contribution in [-0.4, -0.2) is 36.1 Å². The molecule has 0 saturated heterocycles. The standard InChI is InChI=1S/C14H18N4O4.ClH/c15-14(16)17-3-4-22-10-2-1-8-5-9(6-12(19)20)13(21)18-11(8)7-10;/h1-2,7,9H,3-6H2,(H,18,21)(H,19,20)(H4,15,16,17);1H. The van der Waals surface area contributed by atoms with Gasteiger partial charge >= 0.3 is 5.97 Å². The highest BCUT2D eigenvalue weighted by molar-refractivity contribution is 5.97. The van der Waals surface area contributed by atoms with E-state index < -0.39 is 11.9 Å². The minimum absolute atomic E-state index is 0. The number of hydrogen-bond acceptors (Lipinski definition) is 4. The van der Waals surface area contributed by atoms with Crippen LogP contribution in [0.1, 0.15) is 12.0 Å². The number of rotatable bonds is 6. The Balaban J connectivity index is 0.00000264. The van der Waals surface area contributed by atoms with Crippen molar-refractivity contribution in [2.45, 2.75) is 12.8 Å². The van der Waals surface area contributed by atoms with Crippen LogP contribution in [0.5, 0.6) is 5.75 Å². The zero-order chi connectivity index (χ0) is 16.1. The third-order valence-electron chi connectivity index (χ3n) is 3.25. The van der Waals surface area contributed by atoms with Gasteiger partial charge in [-0.2, -0.15) is 0 Å². The number of aliphatic imine (C=N–C) groups is 1. The largest absolute Gasteiger partial charge is 0.492 e. The number of anilines is 1. The second-order valence-electron chi connectivity index (χ2n) is 4.96. The molecule has 0 aromatic heterocycles. The number of hydrogen-bond donors (Lipinski definition) is 4. The fourth-order valence-electron chi connectivity index (χ4n) is 2.25. The zero-order valence-electron chi connectivity index (χ0n) is 12.3. The van der Waals surface area contributed by atoms with Gasteiger partial charge in [-0.1, -0.05) is 6.07 Å². The molecule has 1 atom stereocenters. The number of nitrogens with one attached hydrogen (secondary N) is 1. The van der Waals surface area contributed by atoms with Crippen molar-refractivity contribution in [1.82, 2.24) is 0 Å². The minimum Gasteiger partial charge on any atom is -0.492 e. The fraction of sp³-hybridized carbons (Fsp3) is 0.357. The number of carboxylic acid groups (broad SMARTS) is 1. The van der Waals surface area contributed by atoms with Crippen LogP contribution in [0.15, 0.2) is 23.2 Å². The maximum Gasteiger partial charge on any atom is 0.304 e. The maximum absolute atomic E-state index is 11.9. The number of carboxylic acids is 1. The number of halogens is 1. The van der Waals surface area contributed by atoms with Crippen molar-refractivity contribution in [3.05, 3.63) is 23.8 Å². The lowest BCUT2D eigenvalue weighted by Gasteiger charge is -2.24. The average molecular weight is 343 g/mol. The normalized spacial score (nSPS) is 15.7. The Kier molecular flexibility index (Phi) is 6.65. The lowest BCUT2D eigenvalue weighted by Crippen LogP contribution is -2.31. The number of carbonyl (C=O) groups is 2. The molecule has 23 heavy (non-hydrogen) atoms. The van der Waals surface area contributed by atoms with E-state index in [1.807, 2.05) is 6.07 Å². The molecule has 0 spiro atoms. The minimum atomic E-state index is -0.983. The van der Waals surface area contributed by atoms with Crippen LogP contribution in [0, 0.1) is 5.92 Å². The van der Waals surface area contributed by atoms with Gasteiger partial charge in [0.05, 0.1) is 18.9 Å². The van der Waals surface area contributed by atoms with E-state index in [9.17, 15) is 9.59 Å². The summed E-state index contributed by atoms with van der Waals surface area (Å²) >= 11 is 0. The molecule has 9 heteroatoms. The number of carbonyl (C=O) groups excluding carboxylic acids is 1. The summed E-state index contributed by atoms with van der Waals surface area (Å²) in [6, 6.07) is 5.29. The van der Waals surface area contributed by atoms with Gasteiger partial charge in [0.15, 0.2) is 5.96 Å². The summed E-state index contributed by atoms with van der Waals surface area (Å²) < 4.78 is 5.49. The molecule has 126 valence electrons. The van der Waals surface area contributed by atoms with Gasteiger partial charge in [-0.15, -0.1) is 12.4 Å². The first-order valence-electron chi connectivity index (χ1n) is 6.79. The Morgan fingerprint density at radius 1 is 1.43 bits per heavy atom. The van der Waals surface area contributed by atoms with Gasteiger partial charge in [0.2, 0.25) is 5.91 Å². The predicted molar refractivity (Wildman–Crippen MR) is 87.9 cm³/mol. The average Bonchev–Trinajstić information content (AvgIpc) is 2.44. The maximum atomic E-state index is 11.9. The molecule has 1 aromatic rings. The van der Waals surface area contributed by atoms with Gasteiger partial charge in [0, 0.05) is 11.8 Å². The van der Waals surface area contributed by atoms with Gasteiger partial charge in [-0.3, -0.25) is 14.6 Å². The van der Waals surface area contributed by atoms with Gasteiger partial charge < -0.3 is 26.6 Å². The first-order valence-corrected chi connectivity index (χ1v) is 6.79. The second kappa shape index (κ2) is 8.23. The Bertz CT molecular complexity index is 617. The molecule has 6 N–H and O–H groups in total. The third-order valence-corrected chi connectivity index (χ3v) is 3.25. The fourth-order valence-corrected chi connectivity index (χ4v) is 2.25. The quantitative estimate of drug-likeness (QED) is 0.334. The summed E-state index contributed by atoms with van der Waals surface area (Å²) in [5.41, 5.74) is 12.0. The van der Waals surface area contributed by atoms with Crippen LogP contribution in [0.2, 0.25) is 0 Å². The molecule has 0 radical (unpaired) electrons. The molecule has 0 saturated carbocycles. The molecule has 1 amide bonds. The van der Waals surface area contributed by atoms with Crippen molar-refractivity contribution in [3.8, 4) is 5.75 Å². The number of benzene rings is 1. The SMILES string of the molecule is Cl.NC(N)=NCCOc1ccc2c(c1)NC(=O)C(CC(=O)O)C2. The summed E-state index contributed by atoms with van der Waals surface area (Å²) in [5, 5.41) is 11.5. The summed E-state index contributed by atoms with van der Waals surface area (Å²) in [7, 11) is 0. The van der Waals surface area contributed by atoms with E-state index in [0.29, 0.717) is 31.0 Å². The number of amides is 1. The molecular formula is C14H19ClN4O4. The molecule has 0 bridgehead atoms. The van der Waals surface area contributed by atoms with Gasteiger partial charge in [-0.05, 0) is 18.1 Å². The highest BCUT2D eigenvalue weighted by Gasteiger charge is 2.28. The summed E-state index contributed by atoms with van der Waals surface area (Å²) in [5.74, 6) is -1.22. The van der Waals surface area contributed by atoms with Crippen molar-refractivity contribution in [1.29, 1.82) is 0 Å². The zero-order valence-corrected chi connectivity index (χ0v) is 13.1. The molecule has 1 heterocycles. The van der Waals surface area contributed by atoms with Crippen molar-refractivity contribution >= 4 is 35.9 Å². The highest BCUT2D eigenvalue weighted by atomic mass is 35.5. The van der Waals surface area contributed by atoms with Crippen LogP contribution >= 0.6 is 12.4 Å². The molecule has 1 aliphatic rings. The Morgan fingerprint density at radius 3 is 2.83 bits per heavy atom. The molecule has 0 aliphatic carbocycles. The monoisotopic (exact) mass is 342 g/mol. The molecule has 8 nitrogen and oxygen atoms in total. The summed E-state index contributed by atoms with van der Waals surface area (Å²) in [4.78, 5) is 26.4. The number of ether oxygens (including phenoxy) is 1. The smallest absolute Gasteiger partial charge is 0.304 e. The van der Waals surface area contributed by atoms with E-state index in [0.717, 1.165) is 5.56 Å². The lowest BCUT2D eigenvalue weighted by atomic mass is 9.91. The van der Waals surface area contributed by atoms with Crippen molar-refractivity contribution < 1.29 is 19.4 Å². The molecular weight excluding hydrogens is 324 g/mol. The van der Waals surface area contributed by atoms with Crippen LogP contribution < -0.4 is 21.5 Å². The van der Waals surface area contributed by atoms with E-state index >= 15 is 0 Å². The predicted octanol–water partition coefficient (Wildman–Crippen LogP) is 0.346. The molecule has 1 aliphatic heterocycles. The summed E-state index contributed by atoms with van der Waals surface area (Å²) in [6.45, 7) is 0.652. The van der Waals surface area contributed by atoms with E-state index in [1.54, 1.807) is 12.1 Å². The first kappa shape index (κ1) is 18.6. The van der Waals surface area contributed by atoms with Crippen LogP contribution in [0.25, 0.3) is 0 Å². The Morgan fingerprint density at radius 2 is 2.17 bits per heavy atom. The lowest BCUT2D eigenvalue weighted by molar-refractivity contribution is -0.140. The van der Waals surface area contributed by atoms with Crippen LogP contribution in [-0.2, 0) is 16.0 Å². The number of nitrogens with two attached hydrogens (primary N) is 2. The van der Waals surface area contributed by atoms with Gasteiger partial charge in [0.25, 0.3) is 0 Å². The van der Waals surface area contributed by atoms with E-state index in [4.69, 9.17) is 21.3 Å². The van der Waals surface area contributed by atoms with Gasteiger partial charge in [-0.25, -0.2) is 0 Å². The Labute approximate surface area is 139 Å². The number of aliphatic carboxylic acids is 1. The number of nitrogens with zero attached hydrogens (tertiary/aromatic N) is 1. The topological polar surface area (TPSA) is 140 Å². The van der Waals surface area contributed by atoms with Crippen LogP contribution in [0.3, 0.4) is 0 Å². The number of guanidine groups is 1. The molecule has 1 unspecified atom stereocenters. The van der Waals surface area contributed by atoms with Gasteiger partial charge in [0.1, 0.15) is 12.4 Å². The van der Waals surface area contributed by atoms with Crippen molar-refractivity contribution in [2.75, 3.05) is 18.5 Å². The van der Waals surface area contributed by atoms with E-state index in [-0.39, 0.29) is 30.7 Å². The first-order chi connectivity index (χ1) is 10.5. The second-order valence-corrected chi connectivity index (χ2v) is 4.96. The molecule has 2 rings (SSSR count).